The maximum absolute atomic E-state index is 10.1. The van der Waals surface area contributed by atoms with Gasteiger partial charge in [-0.2, -0.15) is 0 Å². The molecule has 3 unspecified atom stereocenters. The van der Waals surface area contributed by atoms with E-state index in [-0.39, 0.29) is 6.10 Å². The highest BCUT2D eigenvalue weighted by molar-refractivity contribution is 5.38. The van der Waals surface area contributed by atoms with Crippen LogP contribution >= 0.6 is 0 Å². The zero-order chi connectivity index (χ0) is 11.0. The molecule has 0 heterocycles. The predicted molar refractivity (Wildman–Crippen MR) is 62.8 cm³/mol. The van der Waals surface area contributed by atoms with Crippen molar-refractivity contribution in [2.24, 2.45) is 11.8 Å². The Morgan fingerprint density at radius 2 is 1.80 bits per heavy atom. The van der Waals surface area contributed by atoms with E-state index in [1.165, 1.54) is 12.0 Å². The first-order valence-corrected chi connectivity index (χ1v) is 5.88. The molecule has 1 aliphatic carbocycles. The number of hydrogen-bond acceptors (Lipinski definition) is 1. The van der Waals surface area contributed by atoms with Gasteiger partial charge in [-0.25, -0.2) is 0 Å². The van der Waals surface area contributed by atoms with Crippen LogP contribution in [0.3, 0.4) is 0 Å². The molecule has 0 aliphatic heterocycles. The molecule has 1 heteroatoms. The molecule has 1 aliphatic rings. The predicted octanol–water partition coefficient (Wildman–Crippen LogP) is 3.50. The normalized spacial score (nSPS) is 29.5. The monoisotopic (exact) mass is 204 g/mol. The van der Waals surface area contributed by atoms with Gasteiger partial charge < -0.3 is 5.11 Å². The standard InChI is InChI=1S/C14H20O/c1-9(2)8-13-10(3)14(15)12-7-5-4-6-11(12)13/h4-7,9-10,13-15H,8H2,1-3H3. The zero-order valence-electron chi connectivity index (χ0n) is 9.77. The Labute approximate surface area is 92.1 Å². The van der Waals surface area contributed by atoms with Gasteiger partial charge in [0.1, 0.15) is 0 Å². The number of aliphatic hydroxyl groups excluding tert-OH is 1. The second-order valence-corrected chi connectivity index (χ2v) is 5.17. The SMILES string of the molecule is CC(C)CC1c2ccccc2C(O)C1C. The van der Waals surface area contributed by atoms with Crippen LogP contribution in [0, 0.1) is 11.8 Å². The Balaban J connectivity index is 2.33. The largest absolute Gasteiger partial charge is 0.388 e. The second kappa shape index (κ2) is 3.97. The van der Waals surface area contributed by atoms with E-state index in [1.807, 2.05) is 6.07 Å². The summed E-state index contributed by atoms with van der Waals surface area (Å²) in [7, 11) is 0. The summed E-state index contributed by atoms with van der Waals surface area (Å²) < 4.78 is 0. The molecule has 1 aromatic carbocycles. The number of rotatable bonds is 2. The van der Waals surface area contributed by atoms with E-state index in [4.69, 9.17) is 0 Å². The van der Waals surface area contributed by atoms with Crippen LogP contribution in [0.5, 0.6) is 0 Å². The summed E-state index contributed by atoms with van der Waals surface area (Å²) in [6.45, 7) is 6.66. The van der Waals surface area contributed by atoms with E-state index in [1.54, 1.807) is 0 Å². The third-order valence-electron chi connectivity index (χ3n) is 3.57. The summed E-state index contributed by atoms with van der Waals surface area (Å²) in [6.07, 6.45) is 0.917. The lowest BCUT2D eigenvalue weighted by Gasteiger charge is -2.20. The lowest BCUT2D eigenvalue weighted by molar-refractivity contribution is 0.116. The van der Waals surface area contributed by atoms with E-state index in [0.29, 0.717) is 17.8 Å². The molecule has 0 fully saturated rings. The van der Waals surface area contributed by atoms with Crippen LogP contribution < -0.4 is 0 Å². The molecule has 2 rings (SSSR count). The number of fused-ring (bicyclic) bond motifs is 1. The molecule has 0 bridgehead atoms. The molecule has 3 atom stereocenters. The van der Waals surface area contributed by atoms with Crippen LogP contribution in [0.4, 0.5) is 0 Å². The molecule has 0 amide bonds. The van der Waals surface area contributed by atoms with Gasteiger partial charge in [0, 0.05) is 0 Å². The van der Waals surface area contributed by atoms with Crippen molar-refractivity contribution in [1.29, 1.82) is 0 Å². The van der Waals surface area contributed by atoms with Gasteiger partial charge in [0.25, 0.3) is 0 Å². The third-order valence-corrected chi connectivity index (χ3v) is 3.57. The first-order chi connectivity index (χ1) is 7.11. The molecule has 0 spiro atoms. The summed E-state index contributed by atoms with van der Waals surface area (Å²) in [5, 5.41) is 10.1. The zero-order valence-corrected chi connectivity index (χ0v) is 9.77. The molecule has 1 nitrogen and oxygen atoms in total. The molecular weight excluding hydrogens is 184 g/mol. The quantitative estimate of drug-likeness (QED) is 0.781. The minimum absolute atomic E-state index is 0.259. The molecule has 0 saturated heterocycles. The fourth-order valence-electron chi connectivity index (χ4n) is 2.75. The van der Waals surface area contributed by atoms with Gasteiger partial charge in [0.2, 0.25) is 0 Å². The Hall–Kier alpha value is -0.820. The van der Waals surface area contributed by atoms with Crippen molar-refractivity contribution >= 4 is 0 Å². The Kier molecular flexibility index (Phi) is 2.83. The van der Waals surface area contributed by atoms with Gasteiger partial charge in [0.15, 0.2) is 0 Å². The van der Waals surface area contributed by atoms with Crippen molar-refractivity contribution in [3.8, 4) is 0 Å². The minimum atomic E-state index is -0.259. The van der Waals surface area contributed by atoms with E-state index in [9.17, 15) is 5.11 Å². The summed E-state index contributed by atoms with van der Waals surface area (Å²) >= 11 is 0. The van der Waals surface area contributed by atoms with Crippen molar-refractivity contribution in [2.75, 3.05) is 0 Å². The fourth-order valence-corrected chi connectivity index (χ4v) is 2.75. The van der Waals surface area contributed by atoms with Crippen LogP contribution in [0.2, 0.25) is 0 Å². The molecule has 0 aromatic heterocycles. The smallest absolute Gasteiger partial charge is 0.0824 e. The molecule has 0 radical (unpaired) electrons. The van der Waals surface area contributed by atoms with E-state index >= 15 is 0 Å². The molecule has 15 heavy (non-hydrogen) atoms. The van der Waals surface area contributed by atoms with Crippen molar-refractivity contribution in [3.63, 3.8) is 0 Å². The molecular formula is C14H20O. The van der Waals surface area contributed by atoms with Crippen LogP contribution in [-0.2, 0) is 0 Å². The van der Waals surface area contributed by atoms with Crippen molar-refractivity contribution in [1.82, 2.24) is 0 Å². The lowest BCUT2D eigenvalue weighted by Crippen LogP contribution is -2.10. The van der Waals surface area contributed by atoms with Crippen LogP contribution in [-0.4, -0.2) is 5.11 Å². The van der Waals surface area contributed by atoms with Gasteiger partial charge in [-0.15, -0.1) is 0 Å². The first-order valence-electron chi connectivity index (χ1n) is 5.88. The first kappa shape index (κ1) is 10.7. The summed E-state index contributed by atoms with van der Waals surface area (Å²) in [5.41, 5.74) is 2.52. The maximum Gasteiger partial charge on any atom is 0.0824 e. The summed E-state index contributed by atoms with van der Waals surface area (Å²) in [4.78, 5) is 0. The highest BCUT2D eigenvalue weighted by Crippen LogP contribution is 2.47. The summed E-state index contributed by atoms with van der Waals surface area (Å²) in [5.74, 6) is 1.59. The van der Waals surface area contributed by atoms with E-state index < -0.39 is 0 Å². The summed E-state index contributed by atoms with van der Waals surface area (Å²) in [6, 6.07) is 8.34. The molecule has 82 valence electrons. The van der Waals surface area contributed by atoms with E-state index in [2.05, 4.69) is 39.0 Å². The van der Waals surface area contributed by atoms with Crippen LogP contribution in [0.1, 0.15) is 50.3 Å². The van der Waals surface area contributed by atoms with Crippen molar-refractivity contribution < 1.29 is 5.11 Å². The number of aliphatic hydroxyl groups is 1. The van der Waals surface area contributed by atoms with Crippen LogP contribution in [0.25, 0.3) is 0 Å². The number of benzene rings is 1. The maximum atomic E-state index is 10.1. The van der Waals surface area contributed by atoms with Gasteiger partial charge in [-0.05, 0) is 35.3 Å². The molecule has 0 saturated carbocycles. The van der Waals surface area contributed by atoms with E-state index in [0.717, 1.165) is 5.56 Å². The van der Waals surface area contributed by atoms with Crippen molar-refractivity contribution in [3.05, 3.63) is 35.4 Å². The highest BCUT2D eigenvalue weighted by Gasteiger charge is 2.36. The second-order valence-electron chi connectivity index (χ2n) is 5.17. The van der Waals surface area contributed by atoms with Crippen molar-refractivity contribution in [2.45, 2.75) is 39.2 Å². The third kappa shape index (κ3) is 1.81. The highest BCUT2D eigenvalue weighted by atomic mass is 16.3. The topological polar surface area (TPSA) is 20.2 Å². The lowest BCUT2D eigenvalue weighted by atomic mass is 9.86. The molecule has 1 aromatic rings. The fraction of sp³-hybridized carbons (Fsp3) is 0.571. The average Bonchev–Trinajstić information content (AvgIpc) is 2.44. The number of hydrogen-bond donors (Lipinski definition) is 1. The Bertz CT molecular complexity index is 343. The van der Waals surface area contributed by atoms with Crippen LogP contribution in [0.15, 0.2) is 24.3 Å². The minimum Gasteiger partial charge on any atom is -0.388 e. The molecule has 1 N–H and O–H groups in total. The van der Waals surface area contributed by atoms with Gasteiger partial charge in [-0.3, -0.25) is 0 Å². The Morgan fingerprint density at radius 3 is 2.40 bits per heavy atom. The van der Waals surface area contributed by atoms with Gasteiger partial charge in [-0.1, -0.05) is 45.0 Å². The average molecular weight is 204 g/mol. The Morgan fingerprint density at radius 1 is 1.20 bits per heavy atom. The van der Waals surface area contributed by atoms with Gasteiger partial charge >= 0.3 is 0 Å². The van der Waals surface area contributed by atoms with Gasteiger partial charge in [0.05, 0.1) is 6.10 Å².